The van der Waals surface area contributed by atoms with Crippen molar-refractivity contribution in [2.24, 2.45) is 17.1 Å². The van der Waals surface area contributed by atoms with E-state index in [4.69, 9.17) is 26.0 Å². The van der Waals surface area contributed by atoms with Crippen LogP contribution in [0.2, 0.25) is 0 Å². The topological polar surface area (TPSA) is 204 Å². The summed E-state index contributed by atoms with van der Waals surface area (Å²) in [6.45, 7) is 3.63. The lowest BCUT2D eigenvalue weighted by molar-refractivity contribution is -0.191. The third kappa shape index (κ3) is 3.47. The average molecular weight is 382 g/mol. The second-order valence-electron chi connectivity index (χ2n) is 6.09. The molecule has 1 unspecified atom stereocenters. The van der Waals surface area contributed by atoms with Gasteiger partial charge in [-0.05, 0) is 6.42 Å². The number of hydrogen-bond acceptors (Lipinski definition) is 12. The van der Waals surface area contributed by atoms with Crippen molar-refractivity contribution in [1.29, 1.82) is 0 Å². The first-order chi connectivity index (χ1) is 12.9. The molecule has 1 saturated heterocycles. The first-order valence-electron chi connectivity index (χ1n) is 8.03. The number of aliphatic hydroxyl groups excluding tert-OH is 2. The molecule has 3 rings (SSSR count). The Hall–Kier alpha value is -2.67. The van der Waals surface area contributed by atoms with Gasteiger partial charge in [0.25, 0.3) is 0 Å². The van der Waals surface area contributed by atoms with Gasteiger partial charge in [-0.15, -0.1) is 0 Å². The fraction of sp³-hybridized carbons (Fsp3) is 0.571. The predicted octanol–water partition coefficient (Wildman–Crippen LogP) is -1.52. The summed E-state index contributed by atoms with van der Waals surface area (Å²) >= 11 is 0. The van der Waals surface area contributed by atoms with Gasteiger partial charge in [0.15, 0.2) is 23.2 Å². The number of hydrazine groups is 2. The zero-order valence-corrected chi connectivity index (χ0v) is 14.8. The number of anilines is 2. The first kappa shape index (κ1) is 20.6. The summed E-state index contributed by atoms with van der Waals surface area (Å²) in [7, 11) is 0. The molecule has 0 aliphatic carbocycles. The molecule has 1 aliphatic heterocycles. The molecule has 0 amide bonds. The van der Waals surface area contributed by atoms with Crippen LogP contribution in [0.4, 0.5) is 11.8 Å². The fourth-order valence-electron chi connectivity index (χ4n) is 3.09. The van der Waals surface area contributed by atoms with Gasteiger partial charge >= 0.3 is 6.15 Å². The van der Waals surface area contributed by atoms with E-state index in [0.29, 0.717) is 17.6 Å². The van der Waals surface area contributed by atoms with Crippen molar-refractivity contribution in [1.82, 2.24) is 19.5 Å². The highest BCUT2D eigenvalue weighted by atomic mass is 16.5. The summed E-state index contributed by atoms with van der Waals surface area (Å²) in [5.74, 6) is 11.3. The maximum Gasteiger partial charge on any atom is 0.373 e. The van der Waals surface area contributed by atoms with Crippen LogP contribution in [0.5, 0.6) is 0 Å². The van der Waals surface area contributed by atoms with Crippen LogP contribution < -0.4 is 22.5 Å². The number of nitrogen functional groups attached to an aromatic ring is 2. The molecule has 0 bridgehead atoms. The number of fused-ring (bicyclic) bond motifs is 1. The Kier molecular flexibility index (Phi) is 6.38. The molecule has 13 nitrogen and oxygen atoms in total. The van der Waals surface area contributed by atoms with E-state index in [9.17, 15) is 10.2 Å². The van der Waals surface area contributed by atoms with E-state index in [-0.39, 0.29) is 24.5 Å². The lowest BCUT2D eigenvalue weighted by Gasteiger charge is -2.30. The number of imidazole rings is 1. The molecule has 0 saturated carbocycles. The molecule has 0 spiro atoms. The molecular formula is C14H22N8O5. The zero-order chi connectivity index (χ0) is 20.2. The number of nitrogens with one attached hydrogen (secondary N) is 2. The SMILES string of the molecule is CCC1(C)[C@@H](CO)O[C@H](n2cnc3c(NN)nc(NN)nc32)[C@@H]1O.O=C=O. The van der Waals surface area contributed by atoms with Gasteiger partial charge in [-0.3, -0.25) is 9.99 Å². The Balaban J connectivity index is 0.000000817. The third-order valence-electron chi connectivity index (χ3n) is 4.87. The standard InChI is InChI=1S/C13H22N8O3.CO2/c1-3-13(2)6(4-22)24-11(8(13)23)21-5-16-7-9(19-14)17-12(20-15)18-10(7)21;2-1-3/h5-6,8,11,22-23H,3-4,14-15H2,1-2H3,(H2,17,18,19,20);/t6-,8+,11+,13?;/m1./s1. The minimum absolute atomic E-state index is 0.140. The van der Waals surface area contributed by atoms with Gasteiger partial charge in [0, 0.05) is 5.41 Å². The van der Waals surface area contributed by atoms with Gasteiger partial charge in [-0.1, -0.05) is 13.8 Å². The van der Waals surface area contributed by atoms with Gasteiger partial charge in [-0.25, -0.2) is 16.7 Å². The van der Waals surface area contributed by atoms with E-state index >= 15 is 0 Å². The fourth-order valence-corrected chi connectivity index (χ4v) is 3.09. The van der Waals surface area contributed by atoms with E-state index in [0.717, 1.165) is 0 Å². The third-order valence-corrected chi connectivity index (χ3v) is 4.87. The molecule has 148 valence electrons. The van der Waals surface area contributed by atoms with E-state index < -0.39 is 23.9 Å². The first-order valence-corrected chi connectivity index (χ1v) is 8.03. The van der Waals surface area contributed by atoms with Crippen molar-refractivity contribution in [3.05, 3.63) is 6.33 Å². The quantitative estimate of drug-likeness (QED) is 0.258. The summed E-state index contributed by atoms with van der Waals surface area (Å²) < 4.78 is 7.48. The van der Waals surface area contributed by atoms with Crippen LogP contribution in [0.25, 0.3) is 11.2 Å². The van der Waals surface area contributed by atoms with Crippen molar-refractivity contribution in [3.8, 4) is 0 Å². The number of nitrogens with zero attached hydrogens (tertiary/aromatic N) is 4. The van der Waals surface area contributed by atoms with Gasteiger partial charge in [0.1, 0.15) is 6.10 Å². The molecule has 4 atom stereocenters. The highest BCUT2D eigenvalue weighted by molar-refractivity contribution is 5.84. The Morgan fingerprint density at radius 3 is 2.52 bits per heavy atom. The van der Waals surface area contributed by atoms with Crippen LogP contribution in [0, 0.1) is 5.41 Å². The van der Waals surface area contributed by atoms with Crippen LogP contribution in [0.1, 0.15) is 26.5 Å². The summed E-state index contributed by atoms with van der Waals surface area (Å²) in [6.07, 6.45) is 0.284. The minimum atomic E-state index is -0.851. The van der Waals surface area contributed by atoms with Crippen LogP contribution in [0.3, 0.4) is 0 Å². The largest absolute Gasteiger partial charge is 0.394 e. The smallest absolute Gasteiger partial charge is 0.373 e. The van der Waals surface area contributed by atoms with Gasteiger partial charge in [0.05, 0.1) is 19.0 Å². The van der Waals surface area contributed by atoms with Crippen LogP contribution in [-0.2, 0) is 14.3 Å². The van der Waals surface area contributed by atoms with Gasteiger partial charge < -0.3 is 20.4 Å². The van der Waals surface area contributed by atoms with Crippen molar-refractivity contribution in [2.45, 2.75) is 38.7 Å². The molecule has 27 heavy (non-hydrogen) atoms. The number of nitrogens with two attached hydrogens (primary N) is 2. The average Bonchev–Trinajstić information content (AvgIpc) is 3.21. The van der Waals surface area contributed by atoms with Crippen molar-refractivity contribution in [2.75, 3.05) is 17.5 Å². The van der Waals surface area contributed by atoms with E-state index in [1.54, 1.807) is 4.57 Å². The van der Waals surface area contributed by atoms with Crippen LogP contribution in [-0.4, -0.2) is 54.7 Å². The van der Waals surface area contributed by atoms with Crippen LogP contribution >= 0.6 is 0 Å². The second-order valence-corrected chi connectivity index (χ2v) is 6.09. The monoisotopic (exact) mass is 382 g/mol. The molecule has 0 radical (unpaired) electrons. The van der Waals surface area contributed by atoms with Gasteiger partial charge in [0.2, 0.25) is 5.95 Å². The number of carbonyl (C=O) groups excluding carboxylic acids is 2. The maximum atomic E-state index is 10.8. The molecule has 2 aromatic rings. The number of aliphatic hydroxyl groups is 2. The molecule has 13 heteroatoms. The lowest BCUT2D eigenvalue weighted by Crippen LogP contribution is -2.38. The molecule has 0 aromatic carbocycles. The molecule has 8 N–H and O–H groups in total. The molecular weight excluding hydrogens is 360 g/mol. The predicted molar refractivity (Wildman–Crippen MR) is 91.4 cm³/mol. The summed E-state index contributed by atoms with van der Waals surface area (Å²) in [4.78, 5) is 28.8. The Bertz CT molecular complexity index is 823. The summed E-state index contributed by atoms with van der Waals surface area (Å²) in [5.41, 5.74) is 5.02. The van der Waals surface area contributed by atoms with Crippen molar-refractivity contribution >= 4 is 29.1 Å². The Morgan fingerprint density at radius 1 is 1.37 bits per heavy atom. The normalized spacial score (nSPS) is 27.0. The summed E-state index contributed by atoms with van der Waals surface area (Å²) in [6, 6.07) is 0. The van der Waals surface area contributed by atoms with Crippen LogP contribution in [0.15, 0.2) is 6.33 Å². The number of rotatable bonds is 5. The van der Waals surface area contributed by atoms with E-state index in [1.807, 2.05) is 13.8 Å². The second kappa shape index (κ2) is 8.35. The molecule has 1 fully saturated rings. The highest BCUT2D eigenvalue weighted by Crippen LogP contribution is 2.46. The maximum absolute atomic E-state index is 10.8. The van der Waals surface area contributed by atoms with Crippen molar-refractivity contribution < 1.29 is 24.5 Å². The number of ether oxygens (including phenoxy) is 1. The molecule has 2 aromatic heterocycles. The Morgan fingerprint density at radius 2 is 2.04 bits per heavy atom. The van der Waals surface area contributed by atoms with E-state index in [1.165, 1.54) is 6.33 Å². The molecule has 3 heterocycles. The van der Waals surface area contributed by atoms with Gasteiger partial charge in [-0.2, -0.15) is 19.6 Å². The minimum Gasteiger partial charge on any atom is -0.394 e. The van der Waals surface area contributed by atoms with Crippen molar-refractivity contribution in [3.63, 3.8) is 0 Å². The number of aromatic nitrogens is 4. The Labute approximate surface area is 153 Å². The lowest BCUT2D eigenvalue weighted by atomic mass is 9.78. The number of hydrogen-bond donors (Lipinski definition) is 6. The van der Waals surface area contributed by atoms with E-state index in [2.05, 4.69) is 25.8 Å². The summed E-state index contributed by atoms with van der Waals surface area (Å²) in [5, 5.41) is 20.4. The zero-order valence-electron chi connectivity index (χ0n) is 14.8. The molecule has 1 aliphatic rings. The highest BCUT2D eigenvalue weighted by Gasteiger charge is 2.52.